The van der Waals surface area contributed by atoms with E-state index in [9.17, 15) is 4.79 Å². The van der Waals surface area contributed by atoms with Gasteiger partial charge in [-0.05, 0) is 55.2 Å². The number of methoxy groups -OCH3 is 1. The van der Waals surface area contributed by atoms with E-state index < -0.39 is 0 Å². The zero-order valence-corrected chi connectivity index (χ0v) is 14.5. The normalized spacial score (nSPS) is 13.6. The molecule has 1 amide bonds. The highest BCUT2D eigenvalue weighted by molar-refractivity contribution is 6.14. The average Bonchev–Trinajstić information content (AvgIpc) is 2.67. The number of aromatic nitrogens is 1. The van der Waals surface area contributed by atoms with Crippen molar-refractivity contribution in [3.05, 3.63) is 65.4 Å². The van der Waals surface area contributed by atoms with Gasteiger partial charge in [0.2, 0.25) is 0 Å². The molecule has 3 aromatic rings. The molecule has 0 fully saturated rings. The molecule has 1 aliphatic rings. The Labute approximate surface area is 147 Å². The van der Waals surface area contributed by atoms with Crippen LogP contribution >= 0.6 is 0 Å². The lowest BCUT2D eigenvalue weighted by Gasteiger charge is -2.32. The fraction of sp³-hybridized carbons (Fsp3) is 0.238. The van der Waals surface area contributed by atoms with Crippen LogP contribution in [0.5, 0.6) is 5.75 Å². The third-order valence-electron chi connectivity index (χ3n) is 4.90. The van der Waals surface area contributed by atoms with E-state index in [1.165, 1.54) is 11.1 Å². The number of nitrogens with zero attached hydrogens (tertiary/aromatic N) is 2. The molecule has 0 spiro atoms. The van der Waals surface area contributed by atoms with Crippen molar-refractivity contribution in [2.45, 2.75) is 19.8 Å². The van der Waals surface area contributed by atoms with Gasteiger partial charge in [-0.1, -0.05) is 18.2 Å². The van der Waals surface area contributed by atoms with Crippen molar-refractivity contribution >= 4 is 22.5 Å². The Morgan fingerprint density at radius 2 is 2.04 bits per heavy atom. The molecule has 0 aliphatic carbocycles. The lowest BCUT2D eigenvalue weighted by Crippen LogP contribution is -2.36. The van der Waals surface area contributed by atoms with Crippen molar-refractivity contribution in [3.8, 4) is 5.75 Å². The van der Waals surface area contributed by atoms with Crippen LogP contribution in [0.4, 0.5) is 5.69 Å². The second-order valence-electron chi connectivity index (χ2n) is 6.35. The molecule has 1 aliphatic heterocycles. The van der Waals surface area contributed by atoms with E-state index in [1.807, 2.05) is 41.3 Å². The Bertz CT molecular complexity index is 960. The van der Waals surface area contributed by atoms with Gasteiger partial charge in [-0.2, -0.15) is 0 Å². The molecule has 1 aromatic heterocycles. The number of carbonyl (C=O) groups is 1. The van der Waals surface area contributed by atoms with E-state index >= 15 is 0 Å². The van der Waals surface area contributed by atoms with Crippen LogP contribution < -0.4 is 9.64 Å². The summed E-state index contributed by atoms with van der Waals surface area (Å²) in [5.74, 6) is 0.760. The molecule has 0 saturated carbocycles. The Kier molecular flexibility index (Phi) is 3.88. The molecule has 0 bridgehead atoms. The molecular weight excluding hydrogens is 312 g/mol. The topological polar surface area (TPSA) is 42.4 Å². The second-order valence-corrected chi connectivity index (χ2v) is 6.35. The first-order valence-corrected chi connectivity index (χ1v) is 8.53. The number of aryl methyl sites for hydroxylation is 1. The fourth-order valence-corrected chi connectivity index (χ4v) is 3.66. The van der Waals surface area contributed by atoms with Gasteiger partial charge in [0.1, 0.15) is 5.75 Å². The maximum atomic E-state index is 13.4. The molecule has 25 heavy (non-hydrogen) atoms. The Balaban J connectivity index is 1.87. The minimum absolute atomic E-state index is 0.00319. The molecule has 0 saturated heterocycles. The zero-order valence-electron chi connectivity index (χ0n) is 14.5. The monoisotopic (exact) mass is 332 g/mol. The summed E-state index contributed by atoms with van der Waals surface area (Å²) in [7, 11) is 1.66. The number of pyridine rings is 1. The lowest BCUT2D eigenvalue weighted by atomic mass is 9.95. The third-order valence-corrected chi connectivity index (χ3v) is 4.90. The number of carbonyl (C=O) groups excluding carboxylic acids is 1. The molecule has 4 rings (SSSR count). The summed E-state index contributed by atoms with van der Waals surface area (Å²) in [6.45, 7) is 2.79. The van der Waals surface area contributed by atoms with E-state index in [0.29, 0.717) is 12.1 Å². The zero-order chi connectivity index (χ0) is 17.4. The van der Waals surface area contributed by atoms with Crippen LogP contribution in [0.2, 0.25) is 0 Å². The summed E-state index contributed by atoms with van der Waals surface area (Å²) < 4.78 is 5.57. The third kappa shape index (κ3) is 2.54. The molecule has 126 valence electrons. The molecule has 0 unspecified atom stereocenters. The number of benzene rings is 2. The summed E-state index contributed by atoms with van der Waals surface area (Å²) in [4.78, 5) is 19.6. The Morgan fingerprint density at radius 1 is 1.16 bits per heavy atom. The van der Waals surface area contributed by atoms with Gasteiger partial charge in [0.25, 0.3) is 5.91 Å². The lowest BCUT2D eigenvalue weighted by molar-refractivity contribution is 0.0986. The smallest absolute Gasteiger partial charge is 0.259 e. The molecule has 4 heteroatoms. The van der Waals surface area contributed by atoms with Gasteiger partial charge in [-0.3, -0.25) is 9.78 Å². The number of rotatable bonds is 2. The van der Waals surface area contributed by atoms with Gasteiger partial charge in [0.05, 0.1) is 18.3 Å². The number of anilines is 1. The van der Waals surface area contributed by atoms with E-state index in [0.717, 1.165) is 35.2 Å². The van der Waals surface area contributed by atoms with Crippen molar-refractivity contribution in [1.82, 2.24) is 4.98 Å². The minimum atomic E-state index is 0.00319. The van der Waals surface area contributed by atoms with Crippen molar-refractivity contribution in [1.29, 1.82) is 0 Å². The molecular formula is C21H20N2O2. The first-order chi connectivity index (χ1) is 12.2. The summed E-state index contributed by atoms with van der Waals surface area (Å²) in [5, 5.41) is 0.883. The van der Waals surface area contributed by atoms with Gasteiger partial charge in [-0.25, -0.2) is 0 Å². The van der Waals surface area contributed by atoms with Crippen molar-refractivity contribution < 1.29 is 9.53 Å². The minimum Gasteiger partial charge on any atom is -0.495 e. The van der Waals surface area contributed by atoms with Gasteiger partial charge in [-0.15, -0.1) is 0 Å². The standard InChI is InChI=1S/C21H20N2O2/c1-14-10-11-19(25-2)20-15(14)8-5-13-23(20)21(24)17-6-3-9-18-16(17)7-4-12-22-18/h3-4,6-7,9-12H,5,8,13H2,1-2H3. The van der Waals surface area contributed by atoms with Crippen LogP contribution in [-0.4, -0.2) is 24.5 Å². The van der Waals surface area contributed by atoms with Crippen molar-refractivity contribution in [2.24, 2.45) is 0 Å². The van der Waals surface area contributed by atoms with Crippen LogP contribution in [0.1, 0.15) is 27.9 Å². The predicted molar refractivity (Wildman–Crippen MR) is 99.5 cm³/mol. The number of fused-ring (bicyclic) bond motifs is 2. The molecule has 0 radical (unpaired) electrons. The summed E-state index contributed by atoms with van der Waals surface area (Å²) in [6, 6.07) is 13.5. The SMILES string of the molecule is COc1ccc(C)c2c1N(C(=O)c1cccc3ncccc13)CCC2. The molecule has 0 atom stereocenters. The maximum absolute atomic E-state index is 13.4. The quantitative estimate of drug-likeness (QED) is 0.708. The van der Waals surface area contributed by atoms with Crippen molar-refractivity contribution in [2.75, 3.05) is 18.6 Å². The Hall–Kier alpha value is -2.88. The molecule has 0 N–H and O–H groups in total. The second kappa shape index (κ2) is 6.20. The molecule has 2 heterocycles. The first kappa shape index (κ1) is 15.6. The number of hydrogen-bond donors (Lipinski definition) is 0. The van der Waals surface area contributed by atoms with Gasteiger partial charge >= 0.3 is 0 Å². The van der Waals surface area contributed by atoms with Gasteiger partial charge in [0.15, 0.2) is 0 Å². The van der Waals surface area contributed by atoms with E-state index in [2.05, 4.69) is 18.0 Å². The van der Waals surface area contributed by atoms with E-state index in [4.69, 9.17) is 4.74 Å². The highest BCUT2D eigenvalue weighted by atomic mass is 16.5. The van der Waals surface area contributed by atoms with Crippen molar-refractivity contribution in [3.63, 3.8) is 0 Å². The largest absolute Gasteiger partial charge is 0.495 e. The number of ether oxygens (including phenoxy) is 1. The van der Waals surface area contributed by atoms with Crippen LogP contribution in [-0.2, 0) is 6.42 Å². The first-order valence-electron chi connectivity index (χ1n) is 8.53. The van der Waals surface area contributed by atoms with Crippen LogP contribution in [0, 0.1) is 6.92 Å². The molecule has 4 nitrogen and oxygen atoms in total. The summed E-state index contributed by atoms with van der Waals surface area (Å²) >= 11 is 0. The average molecular weight is 332 g/mol. The summed E-state index contributed by atoms with van der Waals surface area (Å²) in [6.07, 6.45) is 3.67. The fourth-order valence-electron chi connectivity index (χ4n) is 3.66. The van der Waals surface area contributed by atoms with Gasteiger partial charge < -0.3 is 9.64 Å². The highest BCUT2D eigenvalue weighted by Gasteiger charge is 2.28. The maximum Gasteiger partial charge on any atom is 0.259 e. The predicted octanol–water partition coefficient (Wildman–Crippen LogP) is 4.14. The van der Waals surface area contributed by atoms with Crippen LogP contribution in [0.3, 0.4) is 0 Å². The highest BCUT2D eigenvalue weighted by Crippen LogP contribution is 2.39. The van der Waals surface area contributed by atoms with E-state index in [-0.39, 0.29) is 5.91 Å². The molecule has 2 aromatic carbocycles. The number of hydrogen-bond acceptors (Lipinski definition) is 3. The van der Waals surface area contributed by atoms with E-state index in [1.54, 1.807) is 13.3 Å². The Morgan fingerprint density at radius 3 is 2.88 bits per heavy atom. The van der Waals surface area contributed by atoms with Gasteiger partial charge in [0, 0.05) is 23.7 Å². The van der Waals surface area contributed by atoms with Crippen LogP contribution in [0.25, 0.3) is 10.9 Å². The van der Waals surface area contributed by atoms with Crippen LogP contribution in [0.15, 0.2) is 48.7 Å². The number of amides is 1. The summed E-state index contributed by atoms with van der Waals surface area (Å²) in [5.41, 5.74) is 4.84.